The van der Waals surface area contributed by atoms with Gasteiger partial charge in [-0.3, -0.25) is 0 Å². The van der Waals surface area contributed by atoms with Crippen molar-refractivity contribution in [2.24, 2.45) is 0 Å². The summed E-state index contributed by atoms with van der Waals surface area (Å²) in [6.07, 6.45) is 2.05. The molecule has 3 rings (SSSR count). The third-order valence-corrected chi connectivity index (χ3v) is 3.46. The van der Waals surface area contributed by atoms with Crippen LogP contribution in [0.1, 0.15) is 11.3 Å². The van der Waals surface area contributed by atoms with Crippen molar-refractivity contribution in [2.45, 2.75) is 13.5 Å². The van der Waals surface area contributed by atoms with E-state index in [1.54, 1.807) is 12.1 Å². The molecular formula is C17H20Cl2FN3. The molecule has 0 N–H and O–H groups in total. The minimum absolute atomic E-state index is 0. The van der Waals surface area contributed by atoms with E-state index in [0.717, 1.165) is 29.1 Å². The highest BCUT2D eigenvalue weighted by Crippen LogP contribution is 2.26. The van der Waals surface area contributed by atoms with Crippen molar-refractivity contribution in [2.75, 3.05) is 14.1 Å². The van der Waals surface area contributed by atoms with Crippen molar-refractivity contribution >= 4 is 30.5 Å². The number of pyridine rings is 1. The van der Waals surface area contributed by atoms with Crippen molar-refractivity contribution in [1.29, 1.82) is 0 Å². The van der Waals surface area contributed by atoms with Gasteiger partial charge in [0.25, 0.3) is 0 Å². The monoisotopic (exact) mass is 355 g/mol. The molecule has 0 radical (unpaired) electrons. The predicted molar refractivity (Wildman–Crippen MR) is 97.2 cm³/mol. The zero-order chi connectivity index (χ0) is 15.0. The average Bonchev–Trinajstić information content (AvgIpc) is 2.77. The third kappa shape index (κ3) is 4.02. The lowest BCUT2D eigenvalue weighted by Crippen LogP contribution is -2.13. The smallest absolute Gasteiger partial charge is 0.137 e. The summed E-state index contributed by atoms with van der Waals surface area (Å²) in [7, 11) is 4.06. The summed E-state index contributed by atoms with van der Waals surface area (Å²) in [5.74, 6) is -0.229. The number of aryl methyl sites for hydroxylation is 1. The van der Waals surface area contributed by atoms with Crippen LogP contribution in [-0.2, 0) is 6.54 Å². The molecule has 3 nitrogen and oxygen atoms in total. The third-order valence-electron chi connectivity index (χ3n) is 3.46. The molecule has 0 fully saturated rings. The molecule has 0 saturated heterocycles. The number of hydrogen-bond acceptors (Lipinski definition) is 2. The lowest BCUT2D eigenvalue weighted by molar-refractivity contribution is 0.396. The van der Waals surface area contributed by atoms with Crippen molar-refractivity contribution in [3.8, 4) is 11.3 Å². The maximum Gasteiger partial charge on any atom is 0.137 e. The minimum Gasteiger partial charge on any atom is -0.304 e. The largest absolute Gasteiger partial charge is 0.304 e. The van der Waals surface area contributed by atoms with Gasteiger partial charge in [-0.25, -0.2) is 9.37 Å². The number of rotatable bonds is 3. The van der Waals surface area contributed by atoms with E-state index in [2.05, 4.69) is 28.4 Å². The van der Waals surface area contributed by atoms with Crippen LogP contribution in [0.15, 0.2) is 42.6 Å². The van der Waals surface area contributed by atoms with Crippen LogP contribution in [-0.4, -0.2) is 28.4 Å². The first-order valence-corrected chi connectivity index (χ1v) is 6.93. The van der Waals surface area contributed by atoms with Crippen LogP contribution < -0.4 is 0 Å². The van der Waals surface area contributed by atoms with Gasteiger partial charge in [-0.1, -0.05) is 0 Å². The Labute approximate surface area is 148 Å². The van der Waals surface area contributed by atoms with Crippen LogP contribution in [0.3, 0.4) is 0 Å². The first kappa shape index (κ1) is 19.4. The Balaban J connectivity index is 0.00000132. The lowest BCUT2D eigenvalue weighted by atomic mass is 10.1. The molecule has 0 aliphatic heterocycles. The Morgan fingerprint density at radius 1 is 1.09 bits per heavy atom. The van der Waals surface area contributed by atoms with Gasteiger partial charge in [0.1, 0.15) is 11.5 Å². The van der Waals surface area contributed by atoms with Crippen LogP contribution >= 0.6 is 24.8 Å². The first-order valence-electron chi connectivity index (χ1n) is 6.93. The Morgan fingerprint density at radius 2 is 1.74 bits per heavy atom. The minimum atomic E-state index is -0.229. The highest BCUT2D eigenvalue weighted by Gasteiger charge is 2.14. The van der Waals surface area contributed by atoms with Crippen LogP contribution in [0, 0.1) is 12.7 Å². The Kier molecular flexibility index (Phi) is 6.57. The van der Waals surface area contributed by atoms with E-state index in [0.29, 0.717) is 0 Å². The van der Waals surface area contributed by atoms with Gasteiger partial charge >= 0.3 is 0 Å². The van der Waals surface area contributed by atoms with E-state index >= 15 is 0 Å². The van der Waals surface area contributed by atoms with Crippen molar-refractivity contribution in [3.63, 3.8) is 0 Å². The maximum absolute atomic E-state index is 13.1. The second-order valence-corrected chi connectivity index (χ2v) is 5.58. The van der Waals surface area contributed by atoms with Crippen LogP contribution in [0.2, 0.25) is 0 Å². The Hall–Kier alpha value is -1.62. The molecule has 0 aliphatic carbocycles. The molecule has 0 saturated carbocycles. The lowest BCUT2D eigenvalue weighted by Gasteiger charge is -2.11. The predicted octanol–water partition coefficient (Wildman–Crippen LogP) is 4.35. The van der Waals surface area contributed by atoms with Gasteiger partial charge in [-0.15, -0.1) is 24.8 Å². The molecular weight excluding hydrogens is 336 g/mol. The van der Waals surface area contributed by atoms with E-state index in [4.69, 9.17) is 4.98 Å². The second-order valence-electron chi connectivity index (χ2n) is 5.58. The van der Waals surface area contributed by atoms with Crippen molar-refractivity contribution in [3.05, 3.63) is 59.7 Å². The molecule has 2 heterocycles. The summed E-state index contributed by atoms with van der Waals surface area (Å²) in [6, 6.07) is 10.6. The summed E-state index contributed by atoms with van der Waals surface area (Å²) in [4.78, 5) is 6.85. The number of hydrogen-bond donors (Lipinski definition) is 0. The van der Waals surface area contributed by atoms with Gasteiger partial charge in [0.2, 0.25) is 0 Å². The number of nitrogens with zero attached hydrogens (tertiary/aromatic N) is 3. The first-order chi connectivity index (χ1) is 10.0. The number of imidazole rings is 1. The average molecular weight is 356 g/mol. The van der Waals surface area contributed by atoms with E-state index in [1.807, 2.05) is 20.3 Å². The summed E-state index contributed by atoms with van der Waals surface area (Å²) in [6.45, 7) is 2.83. The summed E-state index contributed by atoms with van der Waals surface area (Å²) < 4.78 is 15.2. The second kappa shape index (κ2) is 7.77. The van der Waals surface area contributed by atoms with Crippen LogP contribution in [0.4, 0.5) is 4.39 Å². The normalized spacial score (nSPS) is 10.5. The molecule has 1 aromatic carbocycles. The van der Waals surface area contributed by atoms with Crippen molar-refractivity contribution < 1.29 is 4.39 Å². The fourth-order valence-corrected chi connectivity index (χ4v) is 2.49. The van der Waals surface area contributed by atoms with Gasteiger partial charge in [0.05, 0.1) is 11.4 Å². The highest BCUT2D eigenvalue weighted by atomic mass is 35.5. The van der Waals surface area contributed by atoms with Gasteiger partial charge in [0.15, 0.2) is 0 Å². The number of benzene rings is 1. The molecule has 3 aromatic rings. The molecule has 0 unspecified atom stereocenters. The van der Waals surface area contributed by atoms with Gasteiger partial charge in [0, 0.05) is 18.3 Å². The molecule has 0 bridgehead atoms. The molecule has 0 atom stereocenters. The highest BCUT2D eigenvalue weighted by molar-refractivity contribution is 5.85. The molecule has 2 aromatic heterocycles. The van der Waals surface area contributed by atoms with Crippen molar-refractivity contribution in [1.82, 2.24) is 14.3 Å². The fourth-order valence-electron chi connectivity index (χ4n) is 2.49. The summed E-state index contributed by atoms with van der Waals surface area (Å²) >= 11 is 0. The Bertz CT molecular complexity index is 782. The van der Waals surface area contributed by atoms with E-state index in [-0.39, 0.29) is 30.6 Å². The van der Waals surface area contributed by atoms with E-state index in [9.17, 15) is 4.39 Å². The number of fused-ring (bicyclic) bond motifs is 1. The zero-order valence-corrected chi connectivity index (χ0v) is 14.9. The molecule has 0 amide bonds. The van der Waals surface area contributed by atoms with E-state index < -0.39 is 0 Å². The van der Waals surface area contributed by atoms with Gasteiger partial charge < -0.3 is 9.30 Å². The molecule has 23 heavy (non-hydrogen) atoms. The SMILES string of the molecule is Cc1ccn2c(CN(C)C)c(-c3ccc(F)cc3)nc2c1.Cl.Cl. The molecule has 6 heteroatoms. The molecule has 0 aliphatic rings. The molecule has 0 spiro atoms. The summed E-state index contributed by atoms with van der Waals surface area (Å²) in [5, 5.41) is 0. The van der Waals surface area contributed by atoms with Crippen LogP contribution in [0.5, 0.6) is 0 Å². The van der Waals surface area contributed by atoms with Gasteiger partial charge in [-0.05, 0) is 63.0 Å². The van der Waals surface area contributed by atoms with Crippen LogP contribution in [0.25, 0.3) is 16.9 Å². The summed E-state index contributed by atoms with van der Waals surface area (Å²) in [5.41, 5.74) is 5.06. The quantitative estimate of drug-likeness (QED) is 0.695. The Morgan fingerprint density at radius 3 is 2.35 bits per heavy atom. The van der Waals surface area contributed by atoms with Gasteiger partial charge in [-0.2, -0.15) is 0 Å². The maximum atomic E-state index is 13.1. The fraction of sp³-hybridized carbons (Fsp3) is 0.235. The topological polar surface area (TPSA) is 20.5 Å². The number of halogens is 3. The standard InChI is InChI=1S/C17H18FN3.2ClH/c1-12-8-9-21-15(11-20(2)3)17(19-16(21)10-12)13-4-6-14(18)7-5-13;;/h4-10H,11H2,1-3H3;2*1H. The molecule has 124 valence electrons. The van der Waals surface area contributed by atoms with E-state index in [1.165, 1.54) is 17.7 Å². The number of aromatic nitrogens is 2. The zero-order valence-electron chi connectivity index (χ0n) is 13.3.